The number of β-lactam (4-membered cyclic amide) rings is 1. The number of hydrogen-bond donors (Lipinski definition) is 2. The zero-order chi connectivity index (χ0) is 12.3. The molecule has 1 saturated heterocycles. The largest absolute Gasteiger partial charge is 0.460 e. The number of esters is 1. The van der Waals surface area contributed by atoms with E-state index in [1.54, 1.807) is 0 Å². The molecule has 0 aliphatic carbocycles. The molecule has 90 valence electrons. The van der Waals surface area contributed by atoms with Gasteiger partial charge in [0.15, 0.2) is 0 Å². The minimum Gasteiger partial charge on any atom is -0.460 e. The molecule has 1 aliphatic heterocycles. The topological polar surface area (TPSA) is 66.8 Å². The Bertz CT molecular complexity index is 305. The van der Waals surface area contributed by atoms with Crippen LogP contribution in [0.3, 0.4) is 0 Å². The molecule has 1 rings (SSSR count). The van der Waals surface area contributed by atoms with Crippen molar-refractivity contribution in [3.05, 3.63) is 12.7 Å². The second-order valence-corrected chi connectivity index (χ2v) is 4.15. The lowest BCUT2D eigenvalue weighted by molar-refractivity contribution is -0.164. The molecule has 0 aromatic heterocycles. The summed E-state index contributed by atoms with van der Waals surface area (Å²) >= 11 is 4.16. The first kappa shape index (κ1) is 13.1. The number of aliphatic hydroxyl groups is 1. The maximum absolute atomic E-state index is 11.5. The predicted octanol–water partition coefficient (Wildman–Crippen LogP) is -0.189. The molecule has 0 radical (unpaired) electrons. The van der Waals surface area contributed by atoms with Gasteiger partial charge in [0.05, 0.1) is 17.4 Å². The van der Waals surface area contributed by atoms with Crippen LogP contribution < -0.4 is 0 Å². The molecule has 1 N–H and O–H groups in total. The zero-order valence-corrected chi connectivity index (χ0v) is 9.89. The predicted molar refractivity (Wildman–Crippen MR) is 60.8 cm³/mol. The van der Waals surface area contributed by atoms with Gasteiger partial charge in [-0.05, 0) is 6.92 Å². The van der Waals surface area contributed by atoms with Crippen molar-refractivity contribution in [2.24, 2.45) is 5.92 Å². The van der Waals surface area contributed by atoms with Crippen LogP contribution in [0.2, 0.25) is 0 Å². The van der Waals surface area contributed by atoms with Crippen molar-refractivity contribution in [2.75, 3.05) is 13.2 Å². The number of carbonyl (C=O) groups excluding carboxylic acids is 2. The Morgan fingerprint density at radius 1 is 1.81 bits per heavy atom. The van der Waals surface area contributed by atoms with Gasteiger partial charge in [-0.3, -0.25) is 9.59 Å². The summed E-state index contributed by atoms with van der Waals surface area (Å²) in [6.45, 7) is 4.92. The molecule has 0 bridgehead atoms. The van der Waals surface area contributed by atoms with Gasteiger partial charge in [-0.25, -0.2) is 0 Å². The zero-order valence-electron chi connectivity index (χ0n) is 9.00. The molecule has 16 heavy (non-hydrogen) atoms. The van der Waals surface area contributed by atoms with Crippen LogP contribution in [0, 0.1) is 5.92 Å². The highest BCUT2D eigenvalue weighted by molar-refractivity contribution is 7.81. The van der Waals surface area contributed by atoms with Gasteiger partial charge >= 0.3 is 5.97 Å². The quantitative estimate of drug-likeness (QED) is 0.305. The summed E-state index contributed by atoms with van der Waals surface area (Å²) in [4.78, 5) is 24.0. The molecule has 3 atom stereocenters. The second kappa shape index (κ2) is 5.36. The third-order valence-corrected chi connectivity index (χ3v) is 2.99. The fourth-order valence-corrected chi connectivity index (χ4v) is 2.10. The van der Waals surface area contributed by atoms with Gasteiger partial charge < -0.3 is 14.7 Å². The number of likely N-dealkylation sites (tertiary alicyclic amines) is 1. The van der Waals surface area contributed by atoms with Crippen LogP contribution in [0.1, 0.15) is 6.92 Å². The number of aliphatic hydroxyl groups excluding tert-OH is 1. The molecule has 0 spiro atoms. The molecule has 6 heteroatoms. The summed E-state index contributed by atoms with van der Waals surface area (Å²) in [6.07, 6.45) is 0.697. The lowest BCUT2D eigenvalue weighted by Crippen LogP contribution is -2.62. The van der Waals surface area contributed by atoms with Crippen LogP contribution in [0.5, 0.6) is 0 Å². The Hall–Kier alpha value is -1.01. The third kappa shape index (κ3) is 2.56. The van der Waals surface area contributed by atoms with E-state index >= 15 is 0 Å². The Kier molecular flexibility index (Phi) is 4.37. The number of rotatable bonds is 5. The summed E-state index contributed by atoms with van der Waals surface area (Å²) < 4.78 is 4.74. The summed E-state index contributed by atoms with van der Waals surface area (Å²) in [5.41, 5.74) is 0. The Morgan fingerprint density at radius 3 is 2.88 bits per heavy atom. The van der Waals surface area contributed by atoms with Gasteiger partial charge in [-0.1, -0.05) is 12.7 Å². The van der Waals surface area contributed by atoms with Crippen LogP contribution in [0.4, 0.5) is 0 Å². The highest BCUT2D eigenvalue weighted by atomic mass is 32.1. The van der Waals surface area contributed by atoms with Crippen LogP contribution >= 0.6 is 12.6 Å². The summed E-state index contributed by atoms with van der Waals surface area (Å²) in [6, 6.07) is 0. The van der Waals surface area contributed by atoms with Crippen LogP contribution in [-0.2, 0) is 14.3 Å². The van der Waals surface area contributed by atoms with Crippen molar-refractivity contribution in [1.29, 1.82) is 0 Å². The van der Waals surface area contributed by atoms with Crippen molar-refractivity contribution < 1.29 is 19.4 Å². The van der Waals surface area contributed by atoms with Crippen molar-refractivity contribution in [2.45, 2.75) is 18.4 Å². The highest BCUT2D eigenvalue weighted by Crippen LogP contribution is 2.31. The Morgan fingerprint density at radius 2 is 2.44 bits per heavy atom. The molecule has 1 aliphatic rings. The van der Waals surface area contributed by atoms with Crippen molar-refractivity contribution in [3.63, 3.8) is 0 Å². The molecule has 1 unspecified atom stereocenters. The van der Waals surface area contributed by atoms with Crippen LogP contribution in [-0.4, -0.2) is 46.5 Å². The van der Waals surface area contributed by atoms with Crippen molar-refractivity contribution >= 4 is 24.5 Å². The van der Waals surface area contributed by atoms with Gasteiger partial charge in [-0.15, -0.1) is 0 Å². The van der Waals surface area contributed by atoms with E-state index in [9.17, 15) is 14.7 Å². The van der Waals surface area contributed by atoms with E-state index < -0.39 is 23.4 Å². The summed E-state index contributed by atoms with van der Waals surface area (Å²) in [5.74, 6) is -1.31. The molecular weight excluding hydrogens is 230 g/mol. The van der Waals surface area contributed by atoms with Gasteiger partial charge in [0.1, 0.15) is 13.2 Å². The number of ether oxygens (including phenoxy) is 1. The van der Waals surface area contributed by atoms with E-state index in [4.69, 9.17) is 4.74 Å². The van der Waals surface area contributed by atoms with Gasteiger partial charge in [0.2, 0.25) is 5.91 Å². The fourth-order valence-electron chi connectivity index (χ4n) is 1.52. The summed E-state index contributed by atoms with van der Waals surface area (Å²) in [7, 11) is 0. The molecule has 0 aromatic carbocycles. The molecule has 1 amide bonds. The first-order chi connectivity index (χ1) is 7.49. The maximum Gasteiger partial charge on any atom is 0.325 e. The number of carbonyl (C=O) groups is 2. The van der Waals surface area contributed by atoms with Crippen LogP contribution in [0.25, 0.3) is 0 Å². The lowest BCUT2D eigenvalue weighted by Gasteiger charge is -2.45. The van der Waals surface area contributed by atoms with Gasteiger partial charge in [0.25, 0.3) is 0 Å². The number of hydrogen-bond acceptors (Lipinski definition) is 5. The molecule has 1 fully saturated rings. The van der Waals surface area contributed by atoms with E-state index in [0.29, 0.717) is 0 Å². The van der Waals surface area contributed by atoms with E-state index in [0.717, 1.165) is 0 Å². The fraction of sp³-hybridized carbons (Fsp3) is 0.600. The minimum absolute atomic E-state index is 0.123. The van der Waals surface area contributed by atoms with Crippen molar-refractivity contribution in [1.82, 2.24) is 4.90 Å². The average molecular weight is 245 g/mol. The molecule has 0 aromatic rings. The number of amides is 1. The minimum atomic E-state index is -0.754. The highest BCUT2D eigenvalue weighted by Gasteiger charge is 2.48. The van der Waals surface area contributed by atoms with E-state index in [-0.39, 0.29) is 19.1 Å². The van der Waals surface area contributed by atoms with Crippen LogP contribution in [0.15, 0.2) is 12.7 Å². The number of nitrogens with zero attached hydrogens (tertiary/aromatic N) is 1. The van der Waals surface area contributed by atoms with Gasteiger partial charge in [-0.2, -0.15) is 12.6 Å². The maximum atomic E-state index is 11.5. The van der Waals surface area contributed by atoms with Gasteiger partial charge in [0, 0.05) is 0 Å². The normalized spacial score (nSPS) is 25.9. The number of thiol groups is 1. The average Bonchev–Trinajstić information content (AvgIpc) is 2.22. The SMILES string of the molecule is C=CCOC(=O)CN1C(=O)[C@H](C(C)O)[C@H]1S. The standard InChI is InChI=1S/C10H15NO4S/c1-3-4-15-7(13)5-11-9(14)8(6(2)12)10(11)16/h3,6,8,10,12,16H,1,4-5H2,2H3/t6?,8-,10+/m0/s1. The van der Waals surface area contributed by atoms with E-state index in [2.05, 4.69) is 19.2 Å². The first-order valence-corrected chi connectivity index (χ1v) is 5.43. The molecular formula is C10H15NO4S. The summed E-state index contributed by atoms with van der Waals surface area (Å²) in [5, 5.41) is 8.85. The smallest absolute Gasteiger partial charge is 0.325 e. The Labute approximate surface area is 99.5 Å². The van der Waals surface area contributed by atoms with E-state index in [1.165, 1.54) is 17.9 Å². The molecule has 5 nitrogen and oxygen atoms in total. The Balaban J connectivity index is 2.43. The first-order valence-electron chi connectivity index (χ1n) is 4.92. The van der Waals surface area contributed by atoms with Crippen molar-refractivity contribution in [3.8, 4) is 0 Å². The molecule has 0 saturated carbocycles. The second-order valence-electron chi connectivity index (χ2n) is 3.62. The monoisotopic (exact) mass is 245 g/mol. The third-order valence-electron chi connectivity index (χ3n) is 2.39. The lowest BCUT2D eigenvalue weighted by atomic mass is 9.93. The van der Waals surface area contributed by atoms with E-state index in [1.807, 2.05) is 0 Å². The molecule has 1 heterocycles.